The normalized spacial score (nSPS) is 18.4. The second kappa shape index (κ2) is 10.4. The first-order valence-corrected chi connectivity index (χ1v) is 11.0. The number of amides is 1. The Morgan fingerprint density at radius 1 is 1.03 bits per heavy atom. The van der Waals surface area contributed by atoms with E-state index in [2.05, 4.69) is 40.5 Å². The van der Waals surface area contributed by atoms with Gasteiger partial charge in [-0.15, -0.1) is 0 Å². The smallest absolute Gasteiger partial charge is 0.220 e. The molecular formula is C26H30N2O4. The van der Waals surface area contributed by atoms with E-state index in [1.54, 1.807) is 20.5 Å². The molecule has 32 heavy (non-hydrogen) atoms. The van der Waals surface area contributed by atoms with Crippen molar-refractivity contribution in [3.8, 4) is 11.5 Å². The van der Waals surface area contributed by atoms with E-state index in [0.717, 1.165) is 31.0 Å². The number of carbonyl (C=O) groups is 1. The highest BCUT2D eigenvalue weighted by Crippen LogP contribution is 2.35. The largest absolute Gasteiger partial charge is 0.493 e. The third-order valence-electron chi connectivity index (χ3n) is 6.01. The summed E-state index contributed by atoms with van der Waals surface area (Å²) in [6.07, 6.45) is 2.64. The SMILES string of the molecule is COc1ccc([C@H]2CN(Cc3ccccc3)C[C@@H]2NC(=O)CCc2ccco2)cc1OC. The number of ether oxygens (including phenoxy) is 2. The number of benzene rings is 2. The molecule has 0 saturated carbocycles. The Morgan fingerprint density at radius 3 is 2.56 bits per heavy atom. The Kier molecular flexibility index (Phi) is 7.12. The van der Waals surface area contributed by atoms with Crippen LogP contribution in [0.15, 0.2) is 71.3 Å². The minimum Gasteiger partial charge on any atom is -0.493 e. The standard InChI is InChI=1S/C26H30N2O4/c1-30-24-12-10-20(15-25(24)31-2)22-17-28(16-19-7-4-3-5-8-19)18-23(22)27-26(29)13-11-21-9-6-14-32-21/h3-10,12,14-15,22-23H,11,13,16-18H2,1-2H3,(H,27,29)/t22-,23+/m1/s1. The van der Waals surface area contributed by atoms with Gasteiger partial charge in [0.2, 0.25) is 5.91 Å². The van der Waals surface area contributed by atoms with Gasteiger partial charge >= 0.3 is 0 Å². The number of rotatable bonds is 9. The van der Waals surface area contributed by atoms with Crippen molar-refractivity contribution in [3.05, 3.63) is 83.8 Å². The molecule has 6 heteroatoms. The third kappa shape index (κ3) is 5.32. The Balaban J connectivity index is 1.49. The molecular weight excluding hydrogens is 404 g/mol. The zero-order valence-electron chi connectivity index (χ0n) is 18.6. The molecule has 1 N–H and O–H groups in total. The predicted molar refractivity (Wildman–Crippen MR) is 123 cm³/mol. The highest BCUT2D eigenvalue weighted by molar-refractivity contribution is 5.76. The summed E-state index contributed by atoms with van der Waals surface area (Å²) in [6, 6.07) is 20.2. The molecule has 1 aliphatic heterocycles. The molecule has 0 radical (unpaired) electrons. The van der Waals surface area contributed by atoms with Crippen LogP contribution in [0.1, 0.15) is 29.2 Å². The fraction of sp³-hybridized carbons (Fsp3) is 0.346. The van der Waals surface area contributed by atoms with Gasteiger partial charge in [0.05, 0.1) is 20.5 Å². The molecule has 1 aromatic heterocycles. The Labute approximate surface area is 189 Å². The monoisotopic (exact) mass is 434 g/mol. The molecule has 2 aromatic carbocycles. The number of furan rings is 1. The fourth-order valence-electron chi connectivity index (χ4n) is 4.39. The Morgan fingerprint density at radius 2 is 1.84 bits per heavy atom. The van der Waals surface area contributed by atoms with Crippen LogP contribution in [0.5, 0.6) is 11.5 Å². The molecule has 2 heterocycles. The number of aryl methyl sites for hydroxylation is 1. The zero-order chi connectivity index (χ0) is 22.3. The Hall–Kier alpha value is -3.25. The van der Waals surface area contributed by atoms with Crippen LogP contribution in [-0.2, 0) is 17.8 Å². The number of methoxy groups -OCH3 is 2. The average Bonchev–Trinajstić information content (AvgIpc) is 3.48. The second-order valence-electron chi connectivity index (χ2n) is 8.15. The minimum atomic E-state index is 0.0147. The van der Waals surface area contributed by atoms with Gasteiger partial charge < -0.3 is 19.2 Å². The van der Waals surface area contributed by atoms with Crippen molar-refractivity contribution >= 4 is 5.91 Å². The molecule has 3 aromatic rings. The summed E-state index contributed by atoms with van der Waals surface area (Å²) >= 11 is 0. The molecule has 2 atom stereocenters. The van der Waals surface area contributed by atoms with Crippen LogP contribution in [0.2, 0.25) is 0 Å². The van der Waals surface area contributed by atoms with Gasteiger partial charge in [0.15, 0.2) is 11.5 Å². The zero-order valence-corrected chi connectivity index (χ0v) is 18.6. The van der Waals surface area contributed by atoms with Gasteiger partial charge in [-0.2, -0.15) is 0 Å². The molecule has 4 rings (SSSR count). The van der Waals surface area contributed by atoms with Crippen molar-refractivity contribution in [1.29, 1.82) is 0 Å². The third-order valence-corrected chi connectivity index (χ3v) is 6.01. The van der Waals surface area contributed by atoms with Crippen molar-refractivity contribution in [2.75, 3.05) is 27.3 Å². The van der Waals surface area contributed by atoms with Gasteiger partial charge in [0.25, 0.3) is 0 Å². The molecule has 1 saturated heterocycles. The number of hydrogen-bond acceptors (Lipinski definition) is 5. The number of nitrogens with one attached hydrogen (secondary N) is 1. The van der Waals surface area contributed by atoms with E-state index in [1.165, 1.54) is 5.56 Å². The second-order valence-corrected chi connectivity index (χ2v) is 8.15. The predicted octanol–water partition coefficient (Wildman–Crippen LogP) is 4.01. The fourth-order valence-corrected chi connectivity index (χ4v) is 4.39. The summed E-state index contributed by atoms with van der Waals surface area (Å²) in [5, 5.41) is 3.28. The van der Waals surface area contributed by atoms with E-state index >= 15 is 0 Å². The van der Waals surface area contributed by atoms with Gasteiger partial charge in [-0.25, -0.2) is 0 Å². The maximum atomic E-state index is 12.7. The lowest BCUT2D eigenvalue weighted by molar-refractivity contribution is -0.121. The van der Waals surface area contributed by atoms with Crippen LogP contribution in [0.25, 0.3) is 0 Å². The van der Waals surface area contributed by atoms with E-state index in [9.17, 15) is 4.79 Å². The van der Waals surface area contributed by atoms with Crippen LogP contribution in [0.3, 0.4) is 0 Å². The molecule has 168 valence electrons. The summed E-state index contributed by atoms with van der Waals surface area (Å²) in [5.41, 5.74) is 2.40. The summed E-state index contributed by atoms with van der Waals surface area (Å²) < 4.78 is 16.3. The first-order chi connectivity index (χ1) is 15.7. The van der Waals surface area contributed by atoms with Crippen molar-refractivity contribution in [2.24, 2.45) is 0 Å². The summed E-state index contributed by atoms with van der Waals surface area (Å²) in [7, 11) is 3.28. The Bertz CT molecular complexity index is 1000. The topological polar surface area (TPSA) is 63.9 Å². The highest BCUT2D eigenvalue weighted by atomic mass is 16.5. The van der Waals surface area contributed by atoms with Crippen molar-refractivity contribution < 1.29 is 18.7 Å². The maximum absolute atomic E-state index is 12.7. The van der Waals surface area contributed by atoms with Crippen molar-refractivity contribution in [1.82, 2.24) is 10.2 Å². The van der Waals surface area contributed by atoms with Gasteiger partial charge in [-0.3, -0.25) is 9.69 Å². The maximum Gasteiger partial charge on any atom is 0.220 e. The molecule has 6 nitrogen and oxygen atoms in total. The quantitative estimate of drug-likeness (QED) is 0.551. The van der Waals surface area contributed by atoms with Gasteiger partial charge in [-0.05, 0) is 35.4 Å². The molecule has 1 amide bonds. The van der Waals surface area contributed by atoms with E-state index in [0.29, 0.717) is 24.3 Å². The lowest BCUT2D eigenvalue weighted by atomic mass is 9.93. The van der Waals surface area contributed by atoms with Crippen molar-refractivity contribution in [3.63, 3.8) is 0 Å². The number of carbonyl (C=O) groups excluding carboxylic acids is 1. The van der Waals surface area contributed by atoms with Crippen LogP contribution < -0.4 is 14.8 Å². The van der Waals surface area contributed by atoms with Crippen LogP contribution in [-0.4, -0.2) is 44.2 Å². The lowest BCUT2D eigenvalue weighted by Gasteiger charge is -2.21. The minimum absolute atomic E-state index is 0.0147. The average molecular weight is 435 g/mol. The van der Waals surface area contributed by atoms with Crippen LogP contribution >= 0.6 is 0 Å². The molecule has 0 spiro atoms. The highest BCUT2D eigenvalue weighted by Gasteiger charge is 2.35. The number of nitrogens with zero attached hydrogens (tertiary/aromatic N) is 1. The first kappa shape index (κ1) is 22.0. The summed E-state index contributed by atoms with van der Waals surface area (Å²) in [5.74, 6) is 2.43. The summed E-state index contributed by atoms with van der Waals surface area (Å²) in [4.78, 5) is 15.1. The van der Waals surface area contributed by atoms with Crippen molar-refractivity contribution in [2.45, 2.75) is 31.3 Å². The molecule has 1 fully saturated rings. The van der Waals surface area contributed by atoms with Gasteiger partial charge in [0.1, 0.15) is 5.76 Å². The summed E-state index contributed by atoms with van der Waals surface area (Å²) in [6.45, 7) is 2.50. The van der Waals surface area contributed by atoms with Crippen LogP contribution in [0, 0.1) is 0 Å². The van der Waals surface area contributed by atoms with E-state index < -0.39 is 0 Å². The number of likely N-dealkylation sites (tertiary alicyclic amines) is 1. The molecule has 0 aliphatic carbocycles. The van der Waals surface area contributed by atoms with E-state index in [-0.39, 0.29) is 17.9 Å². The molecule has 0 bridgehead atoms. The first-order valence-electron chi connectivity index (χ1n) is 11.0. The van der Waals surface area contributed by atoms with E-state index in [1.807, 2.05) is 30.3 Å². The number of hydrogen-bond donors (Lipinski definition) is 1. The lowest BCUT2D eigenvalue weighted by Crippen LogP contribution is -2.39. The molecule has 1 aliphatic rings. The van der Waals surface area contributed by atoms with E-state index in [4.69, 9.17) is 13.9 Å². The van der Waals surface area contributed by atoms with Gasteiger partial charge in [0, 0.05) is 44.4 Å². The molecule has 0 unspecified atom stereocenters. The van der Waals surface area contributed by atoms with Gasteiger partial charge in [-0.1, -0.05) is 36.4 Å². The van der Waals surface area contributed by atoms with Crippen LogP contribution in [0.4, 0.5) is 0 Å².